The molecule has 1 rings (SSSR count). The van der Waals surface area contributed by atoms with Gasteiger partial charge in [0.05, 0.1) is 5.56 Å². The highest BCUT2D eigenvalue weighted by Gasteiger charge is 2.16. The van der Waals surface area contributed by atoms with Gasteiger partial charge in [0.2, 0.25) is 0 Å². The maximum atomic E-state index is 12.0. The zero-order valence-electron chi connectivity index (χ0n) is 9.53. The zero-order chi connectivity index (χ0) is 12.1. The Morgan fingerprint density at radius 3 is 2.56 bits per heavy atom. The van der Waals surface area contributed by atoms with Crippen LogP contribution in [0.25, 0.3) is 0 Å². The predicted molar refractivity (Wildman–Crippen MR) is 74.3 cm³/mol. The standard InChI is InChI=1S/C12H17IN2O/c1-8(2)11(7-14)15-12(16)9-5-3-4-6-10(9)13/h3-6,8,11H,7,14H2,1-2H3,(H,15,16). The number of benzene rings is 1. The van der Waals surface area contributed by atoms with Crippen molar-refractivity contribution in [2.24, 2.45) is 11.7 Å². The van der Waals surface area contributed by atoms with Gasteiger partial charge >= 0.3 is 0 Å². The molecule has 0 bridgehead atoms. The molecule has 0 heterocycles. The summed E-state index contributed by atoms with van der Waals surface area (Å²) in [7, 11) is 0. The van der Waals surface area contributed by atoms with Crippen LogP contribution in [-0.2, 0) is 0 Å². The Morgan fingerprint density at radius 1 is 1.44 bits per heavy atom. The fraction of sp³-hybridized carbons (Fsp3) is 0.417. The van der Waals surface area contributed by atoms with E-state index in [0.717, 1.165) is 3.57 Å². The highest BCUT2D eigenvalue weighted by atomic mass is 127. The molecule has 3 nitrogen and oxygen atoms in total. The molecule has 1 atom stereocenters. The number of hydrogen-bond donors (Lipinski definition) is 2. The van der Waals surface area contributed by atoms with Crippen molar-refractivity contribution >= 4 is 28.5 Å². The molecule has 0 radical (unpaired) electrons. The van der Waals surface area contributed by atoms with E-state index in [-0.39, 0.29) is 11.9 Å². The number of amides is 1. The molecule has 0 saturated carbocycles. The summed E-state index contributed by atoms with van der Waals surface area (Å²) >= 11 is 2.16. The first-order valence-electron chi connectivity index (χ1n) is 5.31. The van der Waals surface area contributed by atoms with Crippen molar-refractivity contribution in [3.05, 3.63) is 33.4 Å². The molecule has 1 amide bonds. The number of hydrogen-bond acceptors (Lipinski definition) is 2. The molecular weight excluding hydrogens is 315 g/mol. The topological polar surface area (TPSA) is 55.1 Å². The molecule has 88 valence electrons. The maximum Gasteiger partial charge on any atom is 0.252 e. The van der Waals surface area contributed by atoms with E-state index in [4.69, 9.17) is 5.73 Å². The minimum atomic E-state index is -0.0471. The van der Waals surface area contributed by atoms with Crippen molar-refractivity contribution in [3.63, 3.8) is 0 Å². The third kappa shape index (κ3) is 3.45. The number of carbonyl (C=O) groups excluding carboxylic acids is 1. The van der Waals surface area contributed by atoms with Gasteiger partial charge in [-0.05, 0) is 40.6 Å². The third-order valence-corrected chi connectivity index (χ3v) is 3.43. The summed E-state index contributed by atoms with van der Waals surface area (Å²) in [4.78, 5) is 12.0. The quantitative estimate of drug-likeness (QED) is 0.829. The van der Waals surface area contributed by atoms with E-state index in [9.17, 15) is 4.79 Å². The molecule has 3 N–H and O–H groups in total. The lowest BCUT2D eigenvalue weighted by Gasteiger charge is -2.20. The van der Waals surface area contributed by atoms with Crippen molar-refractivity contribution in [2.75, 3.05) is 6.54 Å². The molecule has 4 heteroatoms. The SMILES string of the molecule is CC(C)C(CN)NC(=O)c1ccccc1I. The van der Waals surface area contributed by atoms with Gasteiger partial charge in [-0.2, -0.15) is 0 Å². The normalized spacial score (nSPS) is 12.6. The Bertz CT molecular complexity index is 366. The Balaban J connectivity index is 2.76. The van der Waals surface area contributed by atoms with Crippen LogP contribution in [0.5, 0.6) is 0 Å². The van der Waals surface area contributed by atoms with Crippen LogP contribution in [-0.4, -0.2) is 18.5 Å². The van der Waals surface area contributed by atoms with E-state index in [1.54, 1.807) is 0 Å². The number of halogens is 1. The first-order chi connectivity index (χ1) is 7.56. The molecule has 1 aromatic rings. The van der Waals surface area contributed by atoms with Crippen molar-refractivity contribution < 1.29 is 4.79 Å². The fourth-order valence-electron chi connectivity index (χ4n) is 1.39. The summed E-state index contributed by atoms with van der Waals surface area (Å²) in [6.45, 7) is 4.56. The van der Waals surface area contributed by atoms with Gasteiger partial charge in [-0.1, -0.05) is 26.0 Å². The van der Waals surface area contributed by atoms with Crippen LogP contribution in [0, 0.1) is 9.49 Å². The zero-order valence-corrected chi connectivity index (χ0v) is 11.7. The molecule has 0 saturated heterocycles. The van der Waals surface area contributed by atoms with Crippen LogP contribution in [0.4, 0.5) is 0 Å². The molecule has 0 fully saturated rings. The van der Waals surface area contributed by atoms with Crippen molar-refractivity contribution in [2.45, 2.75) is 19.9 Å². The highest BCUT2D eigenvalue weighted by Crippen LogP contribution is 2.12. The summed E-state index contributed by atoms with van der Waals surface area (Å²) in [6, 6.07) is 7.56. The summed E-state index contributed by atoms with van der Waals surface area (Å²) < 4.78 is 0.956. The van der Waals surface area contributed by atoms with Gasteiger partial charge in [0.25, 0.3) is 5.91 Å². The van der Waals surface area contributed by atoms with Gasteiger partial charge in [0, 0.05) is 16.2 Å². The second-order valence-corrected chi connectivity index (χ2v) is 5.20. The van der Waals surface area contributed by atoms with E-state index in [1.807, 2.05) is 38.1 Å². The molecule has 16 heavy (non-hydrogen) atoms. The number of carbonyl (C=O) groups is 1. The smallest absolute Gasteiger partial charge is 0.252 e. The number of rotatable bonds is 4. The fourth-order valence-corrected chi connectivity index (χ4v) is 2.02. The lowest BCUT2D eigenvalue weighted by molar-refractivity contribution is 0.0927. The second-order valence-electron chi connectivity index (χ2n) is 4.04. The second kappa shape index (κ2) is 6.20. The van der Waals surface area contributed by atoms with Crippen LogP contribution in [0.2, 0.25) is 0 Å². The summed E-state index contributed by atoms with van der Waals surface area (Å²) in [6.07, 6.45) is 0. The Labute approximate surface area is 110 Å². The Hall–Kier alpha value is -0.620. The number of nitrogens with one attached hydrogen (secondary N) is 1. The molecule has 1 aromatic carbocycles. The lowest BCUT2D eigenvalue weighted by Crippen LogP contribution is -2.43. The van der Waals surface area contributed by atoms with Gasteiger partial charge < -0.3 is 11.1 Å². The first kappa shape index (κ1) is 13.4. The third-order valence-electron chi connectivity index (χ3n) is 2.49. The molecule has 0 aliphatic rings. The van der Waals surface area contributed by atoms with Gasteiger partial charge in [0.15, 0.2) is 0 Å². The molecule has 1 unspecified atom stereocenters. The minimum absolute atomic E-state index is 0.0310. The van der Waals surface area contributed by atoms with Gasteiger partial charge in [-0.25, -0.2) is 0 Å². The lowest BCUT2D eigenvalue weighted by atomic mass is 10.0. The highest BCUT2D eigenvalue weighted by molar-refractivity contribution is 14.1. The predicted octanol–water partition coefficient (Wildman–Crippen LogP) is 2.00. The Morgan fingerprint density at radius 2 is 2.06 bits per heavy atom. The van der Waals surface area contributed by atoms with Crippen LogP contribution < -0.4 is 11.1 Å². The molecule has 0 aliphatic carbocycles. The largest absolute Gasteiger partial charge is 0.348 e. The van der Waals surface area contributed by atoms with Crippen LogP contribution in [0.1, 0.15) is 24.2 Å². The van der Waals surface area contributed by atoms with E-state index in [2.05, 4.69) is 27.9 Å². The van der Waals surface area contributed by atoms with E-state index < -0.39 is 0 Å². The van der Waals surface area contributed by atoms with E-state index in [0.29, 0.717) is 18.0 Å². The van der Waals surface area contributed by atoms with Gasteiger partial charge in [-0.3, -0.25) is 4.79 Å². The molecular formula is C12H17IN2O. The van der Waals surface area contributed by atoms with Crippen molar-refractivity contribution in [3.8, 4) is 0 Å². The van der Waals surface area contributed by atoms with Crippen LogP contribution in [0.15, 0.2) is 24.3 Å². The Kier molecular flexibility index (Phi) is 5.21. The summed E-state index contributed by atoms with van der Waals surface area (Å²) in [5, 5.41) is 2.95. The monoisotopic (exact) mass is 332 g/mol. The van der Waals surface area contributed by atoms with Crippen LogP contribution in [0.3, 0.4) is 0 Å². The average Bonchev–Trinajstić information content (AvgIpc) is 2.25. The van der Waals surface area contributed by atoms with Crippen LogP contribution >= 0.6 is 22.6 Å². The van der Waals surface area contributed by atoms with Gasteiger partial charge in [-0.15, -0.1) is 0 Å². The molecule has 0 aromatic heterocycles. The van der Waals surface area contributed by atoms with Crippen molar-refractivity contribution in [1.29, 1.82) is 0 Å². The van der Waals surface area contributed by atoms with E-state index in [1.165, 1.54) is 0 Å². The molecule has 0 spiro atoms. The average molecular weight is 332 g/mol. The minimum Gasteiger partial charge on any atom is -0.348 e. The maximum absolute atomic E-state index is 12.0. The van der Waals surface area contributed by atoms with Gasteiger partial charge in [0.1, 0.15) is 0 Å². The summed E-state index contributed by atoms with van der Waals surface area (Å²) in [5.41, 5.74) is 6.33. The molecule has 0 aliphatic heterocycles. The number of nitrogens with two attached hydrogens (primary N) is 1. The van der Waals surface area contributed by atoms with E-state index >= 15 is 0 Å². The first-order valence-corrected chi connectivity index (χ1v) is 6.39. The summed E-state index contributed by atoms with van der Waals surface area (Å²) in [5.74, 6) is 0.296. The van der Waals surface area contributed by atoms with Crippen molar-refractivity contribution in [1.82, 2.24) is 5.32 Å².